The third-order valence-corrected chi connectivity index (χ3v) is 5.21. The molecule has 2 aliphatic rings. The quantitative estimate of drug-likeness (QED) is 0.615. The first kappa shape index (κ1) is 19.9. The summed E-state index contributed by atoms with van der Waals surface area (Å²) >= 11 is 0. The van der Waals surface area contributed by atoms with Crippen LogP contribution in [0.1, 0.15) is 37.0 Å². The molecule has 1 saturated heterocycles. The fourth-order valence-electron chi connectivity index (χ4n) is 3.34. The summed E-state index contributed by atoms with van der Waals surface area (Å²) in [4.78, 5) is 52.3. The van der Waals surface area contributed by atoms with E-state index in [1.54, 1.807) is 41.0 Å². The largest absolute Gasteiger partial charge is 0.450 e. The Morgan fingerprint density at radius 2 is 1.71 bits per heavy atom. The van der Waals surface area contributed by atoms with Gasteiger partial charge in [0.2, 0.25) is 11.8 Å². The lowest BCUT2D eigenvalue weighted by atomic mass is 10.0. The number of piperazine rings is 1. The van der Waals surface area contributed by atoms with Crippen LogP contribution in [-0.4, -0.2) is 66.3 Å². The Morgan fingerprint density at radius 1 is 1.07 bits per heavy atom. The molecule has 0 atom stereocenters. The number of amides is 3. The molecule has 3 rings (SSSR count). The molecule has 150 valence electrons. The number of hydrogen-bond donors (Lipinski definition) is 1. The van der Waals surface area contributed by atoms with E-state index in [1.165, 1.54) is 6.92 Å². The standard InChI is InChI=1S/C20H25N3O5/c1-3-28-19(27)23-11-9-22(10-12-23)18(26)20(7-8-20)17(25)21-16-6-4-5-15(13-16)14(2)24/h4-6,13H,3,7-12H2,1-2H3,(H,21,25). The van der Waals surface area contributed by atoms with E-state index in [4.69, 9.17) is 4.74 Å². The van der Waals surface area contributed by atoms with Crippen molar-refractivity contribution < 1.29 is 23.9 Å². The van der Waals surface area contributed by atoms with E-state index in [-0.39, 0.29) is 23.7 Å². The fraction of sp³-hybridized carbons (Fsp3) is 0.500. The van der Waals surface area contributed by atoms with Crippen molar-refractivity contribution in [1.82, 2.24) is 9.80 Å². The Bertz CT molecular complexity index is 795. The van der Waals surface area contributed by atoms with E-state index in [1.807, 2.05) is 0 Å². The lowest BCUT2D eigenvalue weighted by Crippen LogP contribution is -2.53. The minimum atomic E-state index is -1.04. The summed E-state index contributed by atoms with van der Waals surface area (Å²) in [5, 5.41) is 2.78. The maximum Gasteiger partial charge on any atom is 0.409 e. The van der Waals surface area contributed by atoms with Gasteiger partial charge in [0.15, 0.2) is 5.78 Å². The Hall–Kier alpha value is -2.90. The molecule has 28 heavy (non-hydrogen) atoms. The fourth-order valence-corrected chi connectivity index (χ4v) is 3.34. The van der Waals surface area contributed by atoms with Crippen LogP contribution in [0.5, 0.6) is 0 Å². The summed E-state index contributed by atoms with van der Waals surface area (Å²) in [6.07, 6.45) is 0.628. The Balaban J connectivity index is 1.61. The lowest BCUT2D eigenvalue weighted by Gasteiger charge is -2.35. The normalized spacial score (nSPS) is 17.6. The average molecular weight is 387 g/mol. The van der Waals surface area contributed by atoms with Crippen molar-refractivity contribution in [3.63, 3.8) is 0 Å². The highest BCUT2D eigenvalue weighted by Crippen LogP contribution is 2.48. The predicted octanol–water partition coefficient (Wildman–Crippen LogP) is 1.91. The number of Topliss-reactive ketones (excluding diaryl/α,β-unsaturated/α-hetero) is 1. The van der Waals surface area contributed by atoms with Crippen LogP contribution < -0.4 is 5.32 Å². The molecular weight excluding hydrogens is 362 g/mol. The molecule has 2 fully saturated rings. The summed E-state index contributed by atoms with van der Waals surface area (Å²) in [5.41, 5.74) is -0.0360. The third-order valence-electron chi connectivity index (χ3n) is 5.21. The molecule has 1 heterocycles. The van der Waals surface area contributed by atoms with Crippen LogP contribution in [0.2, 0.25) is 0 Å². The Morgan fingerprint density at radius 3 is 2.29 bits per heavy atom. The van der Waals surface area contributed by atoms with E-state index < -0.39 is 5.41 Å². The van der Waals surface area contributed by atoms with Gasteiger partial charge in [-0.25, -0.2) is 4.79 Å². The van der Waals surface area contributed by atoms with Crippen LogP contribution >= 0.6 is 0 Å². The van der Waals surface area contributed by atoms with Gasteiger partial charge in [0.1, 0.15) is 5.41 Å². The minimum absolute atomic E-state index is 0.0900. The number of carbonyl (C=O) groups excluding carboxylic acids is 4. The summed E-state index contributed by atoms with van der Waals surface area (Å²) < 4.78 is 4.98. The zero-order valence-corrected chi connectivity index (χ0v) is 16.2. The third kappa shape index (κ3) is 4.00. The summed E-state index contributed by atoms with van der Waals surface area (Å²) in [6, 6.07) is 6.68. The minimum Gasteiger partial charge on any atom is -0.450 e. The summed E-state index contributed by atoms with van der Waals surface area (Å²) in [7, 11) is 0. The van der Waals surface area contributed by atoms with Gasteiger partial charge in [-0.1, -0.05) is 12.1 Å². The van der Waals surface area contributed by atoms with Crippen molar-refractivity contribution in [3.8, 4) is 0 Å². The number of nitrogens with one attached hydrogen (secondary N) is 1. The number of rotatable bonds is 5. The second-order valence-electron chi connectivity index (χ2n) is 7.15. The Kier molecular flexibility index (Phi) is 5.67. The monoisotopic (exact) mass is 387 g/mol. The van der Waals surface area contributed by atoms with Crippen molar-refractivity contribution >= 4 is 29.4 Å². The van der Waals surface area contributed by atoms with Crippen LogP contribution in [0.3, 0.4) is 0 Å². The molecule has 8 nitrogen and oxygen atoms in total. The molecule has 3 amide bonds. The first-order valence-corrected chi connectivity index (χ1v) is 9.51. The number of benzene rings is 1. The van der Waals surface area contributed by atoms with Crippen molar-refractivity contribution in [2.24, 2.45) is 5.41 Å². The number of anilines is 1. The summed E-state index contributed by atoms with van der Waals surface area (Å²) in [5.74, 6) is -0.630. The topological polar surface area (TPSA) is 96.0 Å². The predicted molar refractivity (Wildman–Crippen MR) is 102 cm³/mol. The van der Waals surface area contributed by atoms with Gasteiger partial charge in [-0.05, 0) is 38.8 Å². The van der Waals surface area contributed by atoms with E-state index >= 15 is 0 Å². The van der Waals surface area contributed by atoms with Gasteiger partial charge in [-0.3, -0.25) is 14.4 Å². The van der Waals surface area contributed by atoms with Crippen LogP contribution in [0, 0.1) is 5.41 Å². The molecule has 0 radical (unpaired) electrons. The van der Waals surface area contributed by atoms with Crippen molar-refractivity contribution in [3.05, 3.63) is 29.8 Å². The van der Waals surface area contributed by atoms with Crippen molar-refractivity contribution in [2.75, 3.05) is 38.1 Å². The Labute approximate surface area is 163 Å². The zero-order chi connectivity index (χ0) is 20.3. The van der Waals surface area contributed by atoms with E-state index in [0.717, 1.165) is 0 Å². The van der Waals surface area contributed by atoms with Crippen LogP contribution in [0.25, 0.3) is 0 Å². The molecular formula is C20H25N3O5. The van der Waals surface area contributed by atoms with Crippen LogP contribution in [-0.2, 0) is 14.3 Å². The highest BCUT2D eigenvalue weighted by atomic mass is 16.6. The number of ketones is 1. The van der Waals surface area contributed by atoms with Crippen LogP contribution in [0.15, 0.2) is 24.3 Å². The smallest absolute Gasteiger partial charge is 0.409 e. The van der Waals surface area contributed by atoms with Gasteiger partial charge < -0.3 is 19.9 Å². The SMILES string of the molecule is CCOC(=O)N1CCN(C(=O)C2(C(=O)Nc3cccc(C(C)=O)c3)CC2)CC1. The average Bonchev–Trinajstić information content (AvgIpc) is 3.50. The first-order chi connectivity index (χ1) is 13.4. The molecule has 1 N–H and O–H groups in total. The maximum atomic E-state index is 13.0. The highest BCUT2D eigenvalue weighted by molar-refractivity contribution is 6.13. The zero-order valence-electron chi connectivity index (χ0n) is 16.2. The van der Waals surface area contributed by atoms with Crippen LogP contribution in [0.4, 0.5) is 10.5 Å². The molecule has 0 unspecified atom stereocenters. The molecule has 1 aliphatic carbocycles. The highest BCUT2D eigenvalue weighted by Gasteiger charge is 2.58. The second-order valence-corrected chi connectivity index (χ2v) is 7.15. The lowest BCUT2D eigenvalue weighted by molar-refractivity contribution is -0.143. The molecule has 1 aromatic rings. The van der Waals surface area contributed by atoms with Crippen molar-refractivity contribution in [1.29, 1.82) is 0 Å². The second kappa shape index (κ2) is 8.00. The number of ether oxygens (including phenoxy) is 1. The van der Waals surface area contributed by atoms with E-state index in [9.17, 15) is 19.2 Å². The van der Waals surface area contributed by atoms with Gasteiger partial charge in [0.25, 0.3) is 0 Å². The first-order valence-electron chi connectivity index (χ1n) is 9.51. The number of hydrogen-bond acceptors (Lipinski definition) is 5. The van der Waals surface area contributed by atoms with E-state index in [0.29, 0.717) is 56.9 Å². The molecule has 0 aromatic heterocycles. The molecule has 1 aliphatic heterocycles. The summed E-state index contributed by atoms with van der Waals surface area (Å²) in [6.45, 7) is 5.07. The maximum absolute atomic E-state index is 13.0. The van der Waals surface area contributed by atoms with Gasteiger partial charge in [-0.2, -0.15) is 0 Å². The van der Waals surface area contributed by atoms with Crippen molar-refractivity contribution in [2.45, 2.75) is 26.7 Å². The van der Waals surface area contributed by atoms with E-state index in [2.05, 4.69) is 5.32 Å². The molecule has 0 spiro atoms. The number of carbonyl (C=O) groups is 4. The van der Waals surface area contributed by atoms with Gasteiger partial charge in [-0.15, -0.1) is 0 Å². The van der Waals surface area contributed by atoms with Gasteiger partial charge in [0.05, 0.1) is 6.61 Å². The molecule has 8 heteroatoms. The van der Waals surface area contributed by atoms with Gasteiger partial charge in [0, 0.05) is 37.4 Å². The number of nitrogens with zero attached hydrogens (tertiary/aromatic N) is 2. The molecule has 1 aromatic carbocycles. The van der Waals surface area contributed by atoms with Gasteiger partial charge >= 0.3 is 6.09 Å². The molecule has 1 saturated carbocycles. The molecule has 0 bridgehead atoms.